The number of H-pyrrole nitrogens is 1. The third-order valence-electron chi connectivity index (χ3n) is 10.7. The van der Waals surface area contributed by atoms with Crippen molar-refractivity contribution in [3.63, 3.8) is 0 Å². The van der Waals surface area contributed by atoms with Crippen molar-refractivity contribution in [2.24, 2.45) is 0 Å². The summed E-state index contributed by atoms with van der Waals surface area (Å²) in [6.07, 6.45) is 5.73. The average molecular weight is 660 g/mol. The van der Waals surface area contributed by atoms with Gasteiger partial charge in [-0.3, -0.25) is 4.57 Å². The molecule has 0 bridgehead atoms. The quantitative estimate of drug-likeness (QED) is 0.230. The minimum Gasteiger partial charge on any atom is -0.414 e. The molecule has 3 aromatic rings. The molecule has 4 atom stereocenters. The second-order valence-electron chi connectivity index (χ2n) is 17.0. The summed E-state index contributed by atoms with van der Waals surface area (Å²) in [6, 6.07) is 1.99. The van der Waals surface area contributed by atoms with Crippen molar-refractivity contribution in [3.8, 4) is 11.3 Å². The molecule has 0 aromatic carbocycles. The molecule has 1 N–H and O–H groups in total. The highest BCUT2D eigenvalue weighted by atomic mass is 28.4. The first-order chi connectivity index (χ1) is 20.0. The van der Waals surface area contributed by atoms with E-state index >= 15 is 0 Å². The number of hydrogen-bond acceptors (Lipinski definition) is 7. The Morgan fingerprint density at radius 3 is 1.89 bits per heavy atom. The molecule has 0 radical (unpaired) electrons. The summed E-state index contributed by atoms with van der Waals surface area (Å²) >= 11 is 0. The zero-order valence-electron chi connectivity index (χ0n) is 29.8. The number of nitrogens with zero attached hydrogens (tertiary/aromatic N) is 4. The van der Waals surface area contributed by atoms with E-state index in [1.54, 1.807) is 6.33 Å². The molecule has 4 rings (SSSR count). The Balaban J connectivity index is 1.85. The Morgan fingerprint density at radius 2 is 1.36 bits per heavy atom. The van der Waals surface area contributed by atoms with Crippen LogP contribution in [0.3, 0.4) is 0 Å². The molecular weight excluding hydrogens is 603 g/mol. The van der Waals surface area contributed by atoms with Gasteiger partial charge in [0.05, 0.1) is 12.9 Å². The van der Waals surface area contributed by atoms with Gasteiger partial charge in [-0.05, 0) is 60.5 Å². The SMILES string of the molecule is CC(C)(C)[Si](C)(C)OC[C@H]1O[C@@H](n2cnc3c(-c4cc[nH]c4)ncnc32)[C@H](O[Si](C)(C)C(C)(C)C)[C@@H]1O[Si](C)(C)C(C)(C)C. The van der Waals surface area contributed by atoms with Crippen molar-refractivity contribution < 1.29 is 18.0 Å². The molecular formula is C32H57N5O4Si3. The normalized spacial score (nSPS) is 22.7. The molecule has 1 aliphatic rings. The van der Waals surface area contributed by atoms with Crippen LogP contribution in [0.4, 0.5) is 0 Å². The topological polar surface area (TPSA) is 96.3 Å². The largest absolute Gasteiger partial charge is 0.414 e. The molecule has 4 heterocycles. The first kappa shape index (κ1) is 35.2. The summed E-state index contributed by atoms with van der Waals surface area (Å²) in [5, 5.41) is 0.0805. The van der Waals surface area contributed by atoms with Gasteiger partial charge >= 0.3 is 0 Å². The Morgan fingerprint density at radius 1 is 0.795 bits per heavy atom. The predicted octanol–water partition coefficient (Wildman–Crippen LogP) is 8.52. The van der Waals surface area contributed by atoms with Crippen molar-refractivity contribution in [1.29, 1.82) is 0 Å². The lowest BCUT2D eigenvalue weighted by Gasteiger charge is -2.44. The summed E-state index contributed by atoms with van der Waals surface area (Å²) in [5.74, 6) is 0. The van der Waals surface area contributed by atoms with Gasteiger partial charge in [0, 0.05) is 18.0 Å². The smallest absolute Gasteiger partial charge is 0.192 e. The highest BCUT2D eigenvalue weighted by Crippen LogP contribution is 2.47. The number of nitrogens with one attached hydrogen (secondary N) is 1. The van der Waals surface area contributed by atoms with Gasteiger partial charge in [-0.1, -0.05) is 62.3 Å². The molecule has 1 saturated heterocycles. The van der Waals surface area contributed by atoms with Crippen LogP contribution in [0.5, 0.6) is 0 Å². The molecule has 246 valence electrons. The minimum atomic E-state index is -2.28. The highest BCUT2D eigenvalue weighted by Gasteiger charge is 2.55. The van der Waals surface area contributed by atoms with Crippen LogP contribution in [-0.4, -0.2) is 74.4 Å². The molecule has 0 saturated carbocycles. The van der Waals surface area contributed by atoms with Gasteiger partial charge in [-0.2, -0.15) is 0 Å². The molecule has 1 aliphatic heterocycles. The Hall–Kier alpha value is -1.68. The summed E-state index contributed by atoms with van der Waals surface area (Å²) < 4.78 is 30.5. The van der Waals surface area contributed by atoms with E-state index in [1.165, 1.54) is 0 Å². The molecule has 0 unspecified atom stereocenters. The molecule has 3 aromatic heterocycles. The fraction of sp³-hybridized carbons (Fsp3) is 0.719. The maximum atomic E-state index is 7.32. The number of fused-ring (bicyclic) bond motifs is 1. The van der Waals surface area contributed by atoms with Crippen LogP contribution in [0.1, 0.15) is 68.5 Å². The average Bonchev–Trinajstić information content (AvgIpc) is 3.60. The lowest BCUT2D eigenvalue weighted by Crippen LogP contribution is -2.54. The van der Waals surface area contributed by atoms with Gasteiger partial charge in [0.25, 0.3) is 0 Å². The maximum absolute atomic E-state index is 7.32. The third kappa shape index (κ3) is 6.86. The van der Waals surface area contributed by atoms with Crippen LogP contribution in [0, 0.1) is 0 Å². The number of aromatic nitrogens is 5. The Bertz CT molecular complexity index is 1420. The van der Waals surface area contributed by atoms with E-state index in [4.69, 9.17) is 28.0 Å². The number of ether oxygens (including phenoxy) is 1. The summed E-state index contributed by atoms with van der Waals surface area (Å²) in [5.41, 5.74) is 3.18. The third-order valence-corrected chi connectivity index (χ3v) is 24.1. The van der Waals surface area contributed by atoms with Crippen molar-refractivity contribution in [3.05, 3.63) is 31.1 Å². The van der Waals surface area contributed by atoms with E-state index in [-0.39, 0.29) is 33.4 Å². The van der Waals surface area contributed by atoms with Crippen molar-refractivity contribution in [2.45, 2.75) is 141 Å². The van der Waals surface area contributed by atoms with E-state index in [9.17, 15) is 0 Å². The van der Waals surface area contributed by atoms with Crippen LogP contribution in [0.15, 0.2) is 31.1 Å². The van der Waals surface area contributed by atoms with Crippen LogP contribution in [0.2, 0.25) is 54.4 Å². The second kappa shape index (κ2) is 11.8. The lowest BCUT2D eigenvalue weighted by molar-refractivity contribution is -0.0470. The van der Waals surface area contributed by atoms with Crippen molar-refractivity contribution in [1.82, 2.24) is 24.5 Å². The number of imidazole rings is 1. The predicted molar refractivity (Wildman–Crippen MR) is 186 cm³/mol. The Kier molecular flexibility index (Phi) is 9.47. The van der Waals surface area contributed by atoms with Gasteiger partial charge in [-0.25, -0.2) is 15.0 Å². The van der Waals surface area contributed by atoms with E-state index in [2.05, 4.69) is 112 Å². The van der Waals surface area contributed by atoms with Gasteiger partial charge < -0.3 is 23.0 Å². The molecule has 0 amide bonds. The first-order valence-corrected chi connectivity index (χ1v) is 24.7. The maximum Gasteiger partial charge on any atom is 0.192 e. The van der Waals surface area contributed by atoms with Gasteiger partial charge in [0.2, 0.25) is 0 Å². The summed E-state index contributed by atoms with van der Waals surface area (Å²) in [6.45, 7) is 34.7. The van der Waals surface area contributed by atoms with Crippen LogP contribution >= 0.6 is 0 Å². The monoisotopic (exact) mass is 659 g/mol. The molecule has 44 heavy (non-hydrogen) atoms. The van der Waals surface area contributed by atoms with Gasteiger partial charge in [0.1, 0.15) is 35.8 Å². The minimum absolute atomic E-state index is 0.00454. The molecule has 9 nitrogen and oxygen atoms in total. The second-order valence-corrected chi connectivity index (χ2v) is 31.3. The van der Waals surface area contributed by atoms with Gasteiger partial charge in [0.15, 0.2) is 36.8 Å². The summed E-state index contributed by atoms with van der Waals surface area (Å²) in [7, 11) is -6.58. The van der Waals surface area contributed by atoms with Crippen LogP contribution in [0.25, 0.3) is 22.4 Å². The molecule has 12 heteroatoms. The zero-order chi connectivity index (χ0) is 33.1. The zero-order valence-corrected chi connectivity index (χ0v) is 32.8. The molecule has 1 fully saturated rings. The standard InChI is InChI=1S/C32H57N5O4Si3/c1-30(2,3)42(10,11)38-19-23-26(40-43(12,13)31(4,5)6)27(41-44(14,15)32(7,8)9)29(39-23)37-21-36-25-24(22-16-17-33-18-22)34-20-35-28(25)37/h16-18,20-21,23,26-27,29,33H,19H2,1-15H3/t23-,26-,27-,29-/m1/s1. The number of aromatic amines is 1. The first-order valence-electron chi connectivity index (χ1n) is 15.9. The number of hydrogen-bond donors (Lipinski definition) is 1. The van der Waals surface area contributed by atoms with Gasteiger partial charge in [-0.15, -0.1) is 0 Å². The van der Waals surface area contributed by atoms with Crippen LogP contribution < -0.4 is 0 Å². The van der Waals surface area contributed by atoms with E-state index in [0.29, 0.717) is 12.3 Å². The van der Waals surface area contributed by atoms with E-state index in [1.807, 2.05) is 29.4 Å². The van der Waals surface area contributed by atoms with Crippen molar-refractivity contribution >= 4 is 36.1 Å². The van der Waals surface area contributed by atoms with Crippen molar-refractivity contribution in [2.75, 3.05) is 6.61 Å². The van der Waals surface area contributed by atoms with Crippen LogP contribution in [-0.2, 0) is 18.0 Å². The molecule has 0 spiro atoms. The summed E-state index contributed by atoms with van der Waals surface area (Å²) in [4.78, 5) is 17.2. The highest BCUT2D eigenvalue weighted by molar-refractivity contribution is 6.75. The lowest BCUT2D eigenvalue weighted by atomic mass is 10.1. The Labute approximate surface area is 268 Å². The van der Waals surface area contributed by atoms with E-state index < -0.39 is 31.2 Å². The number of rotatable bonds is 9. The fourth-order valence-electron chi connectivity index (χ4n) is 4.60. The van der Waals surface area contributed by atoms with E-state index in [0.717, 1.165) is 16.8 Å². The fourth-order valence-corrected chi connectivity index (χ4v) is 8.21. The molecule has 0 aliphatic carbocycles.